The third-order valence-electron chi connectivity index (χ3n) is 6.64. The van der Waals surface area contributed by atoms with Gasteiger partial charge in [0, 0.05) is 27.2 Å². The largest absolute Gasteiger partial charge is 0.454 e. The highest BCUT2D eigenvalue weighted by atomic mass is 79.9. The van der Waals surface area contributed by atoms with Crippen molar-refractivity contribution in [3.8, 4) is 11.5 Å². The Morgan fingerprint density at radius 1 is 1.09 bits per heavy atom. The lowest BCUT2D eigenvalue weighted by molar-refractivity contribution is -0.117. The maximum atomic E-state index is 13.3. The molecule has 3 aromatic carbocycles. The van der Waals surface area contributed by atoms with Gasteiger partial charge in [-0.15, -0.1) is 0 Å². The van der Waals surface area contributed by atoms with Crippen molar-refractivity contribution in [3.05, 3.63) is 91.4 Å². The molecule has 4 nitrogen and oxygen atoms in total. The van der Waals surface area contributed by atoms with E-state index in [0.29, 0.717) is 22.9 Å². The van der Waals surface area contributed by atoms with Crippen LogP contribution in [0.5, 0.6) is 11.5 Å². The molecule has 2 heterocycles. The summed E-state index contributed by atoms with van der Waals surface area (Å²) in [5.41, 5.74) is 7.50. The first-order chi connectivity index (χ1) is 15.5. The molecule has 0 aromatic heterocycles. The fraction of sp³-hybridized carbons (Fsp3) is 0.192. The summed E-state index contributed by atoms with van der Waals surface area (Å²) in [7, 11) is 0. The van der Waals surface area contributed by atoms with Gasteiger partial charge in [0.25, 0.3) is 0 Å². The van der Waals surface area contributed by atoms with Crippen LogP contribution in [0, 0.1) is 6.92 Å². The molecule has 3 aliphatic rings. The van der Waals surface area contributed by atoms with Crippen LogP contribution in [0.25, 0.3) is 6.08 Å². The van der Waals surface area contributed by atoms with E-state index in [2.05, 4.69) is 46.4 Å². The lowest BCUT2D eigenvalue weighted by Gasteiger charge is -2.24. The van der Waals surface area contributed by atoms with Crippen LogP contribution in [0.1, 0.15) is 39.7 Å². The second-order valence-corrected chi connectivity index (χ2v) is 9.66. The van der Waals surface area contributed by atoms with E-state index in [1.165, 1.54) is 11.1 Å². The number of allylic oxidation sites excluding steroid dienone is 1. The van der Waals surface area contributed by atoms with Crippen molar-refractivity contribution in [2.75, 3.05) is 12.1 Å². The van der Waals surface area contributed by atoms with E-state index >= 15 is 0 Å². The standard InChI is InChI=1S/C26H19BrClNO3/c1-13-18(27)6-7-20-23(13)25(26(30)29-20)24-16(8-14-4-2-3-5-17(14)24)9-15-10-21-22(11-19(15)28)32-12-31-21/h2-8,10-11,24-25H,9,12H2,1H3,(H,29,30). The number of nitrogens with one attached hydrogen (secondary N) is 1. The minimum Gasteiger partial charge on any atom is -0.454 e. The van der Waals surface area contributed by atoms with E-state index in [9.17, 15) is 4.79 Å². The highest BCUT2D eigenvalue weighted by Crippen LogP contribution is 2.52. The molecule has 0 saturated heterocycles. The molecule has 160 valence electrons. The molecular formula is C26H19BrClNO3. The third kappa shape index (κ3) is 2.99. The summed E-state index contributed by atoms with van der Waals surface area (Å²) >= 11 is 10.3. The van der Waals surface area contributed by atoms with Crippen LogP contribution in [0.15, 0.2) is 58.6 Å². The summed E-state index contributed by atoms with van der Waals surface area (Å²) in [4.78, 5) is 13.3. The Balaban J connectivity index is 1.46. The first kappa shape index (κ1) is 19.9. The summed E-state index contributed by atoms with van der Waals surface area (Å²) in [5.74, 6) is 1.04. The minimum absolute atomic E-state index is 0.0330. The molecule has 32 heavy (non-hydrogen) atoms. The Hall–Kier alpha value is -2.76. The van der Waals surface area contributed by atoms with E-state index in [1.54, 1.807) is 0 Å². The van der Waals surface area contributed by atoms with Gasteiger partial charge in [0.05, 0.1) is 5.92 Å². The molecule has 6 heteroatoms. The van der Waals surface area contributed by atoms with Gasteiger partial charge in [-0.3, -0.25) is 4.79 Å². The number of hydrogen-bond acceptors (Lipinski definition) is 3. The van der Waals surface area contributed by atoms with Crippen LogP contribution in [-0.2, 0) is 11.2 Å². The molecule has 0 bridgehead atoms. The van der Waals surface area contributed by atoms with Crippen molar-refractivity contribution >= 4 is 45.2 Å². The molecule has 6 rings (SSSR count). The number of amides is 1. The SMILES string of the molecule is Cc1c(Br)ccc2c1C(C1C(Cc3cc4c(cc3Cl)OCO4)=Cc3ccccc31)C(=O)N2. The molecule has 3 aromatic rings. The number of fused-ring (bicyclic) bond motifs is 3. The van der Waals surface area contributed by atoms with Crippen LogP contribution in [0.4, 0.5) is 5.69 Å². The van der Waals surface area contributed by atoms with Crippen molar-refractivity contribution in [3.63, 3.8) is 0 Å². The first-order valence-corrected chi connectivity index (χ1v) is 11.7. The van der Waals surface area contributed by atoms with E-state index in [4.69, 9.17) is 21.1 Å². The number of halogens is 2. The number of hydrogen-bond donors (Lipinski definition) is 1. The summed E-state index contributed by atoms with van der Waals surface area (Å²) in [6.07, 6.45) is 2.83. The quantitative estimate of drug-likeness (QED) is 0.434. The van der Waals surface area contributed by atoms with Gasteiger partial charge in [-0.05, 0) is 59.4 Å². The number of anilines is 1. The monoisotopic (exact) mass is 507 g/mol. The topological polar surface area (TPSA) is 47.6 Å². The molecule has 2 unspecified atom stereocenters. The second kappa shape index (κ2) is 7.39. The second-order valence-electron chi connectivity index (χ2n) is 8.40. The molecule has 0 spiro atoms. The summed E-state index contributed by atoms with van der Waals surface area (Å²) in [6, 6.07) is 16.0. The van der Waals surface area contributed by atoms with Crippen LogP contribution < -0.4 is 14.8 Å². The molecule has 0 saturated carbocycles. The van der Waals surface area contributed by atoms with Gasteiger partial charge in [0.15, 0.2) is 11.5 Å². The fourth-order valence-electron chi connectivity index (χ4n) is 5.16. The highest BCUT2D eigenvalue weighted by molar-refractivity contribution is 9.10. The zero-order chi connectivity index (χ0) is 22.0. The van der Waals surface area contributed by atoms with Crippen molar-refractivity contribution in [1.29, 1.82) is 0 Å². The molecule has 1 N–H and O–H groups in total. The maximum Gasteiger partial charge on any atom is 0.232 e. The number of rotatable bonds is 3. The Bertz CT molecular complexity index is 1330. The molecule has 0 radical (unpaired) electrons. The van der Waals surface area contributed by atoms with E-state index in [-0.39, 0.29) is 24.5 Å². The van der Waals surface area contributed by atoms with Gasteiger partial charge in [-0.2, -0.15) is 0 Å². The van der Waals surface area contributed by atoms with Gasteiger partial charge in [0.1, 0.15) is 0 Å². The number of ether oxygens (including phenoxy) is 2. The Morgan fingerprint density at radius 3 is 2.72 bits per heavy atom. The maximum absolute atomic E-state index is 13.3. The molecule has 0 fully saturated rings. The van der Waals surface area contributed by atoms with Gasteiger partial charge in [-0.1, -0.05) is 63.4 Å². The number of carbonyl (C=O) groups excluding carboxylic acids is 1. The normalized spacial score (nSPS) is 20.1. The molecule has 1 amide bonds. The Morgan fingerprint density at radius 2 is 1.88 bits per heavy atom. The van der Waals surface area contributed by atoms with Crippen molar-refractivity contribution in [1.82, 2.24) is 0 Å². The van der Waals surface area contributed by atoms with Crippen LogP contribution in [0.3, 0.4) is 0 Å². The van der Waals surface area contributed by atoms with Gasteiger partial charge in [-0.25, -0.2) is 0 Å². The third-order valence-corrected chi connectivity index (χ3v) is 7.85. The predicted octanol–water partition coefficient (Wildman–Crippen LogP) is 6.60. The predicted molar refractivity (Wildman–Crippen MR) is 129 cm³/mol. The van der Waals surface area contributed by atoms with Crippen LogP contribution in [0.2, 0.25) is 5.02 Å². The number of carbonyl (C=O) groups is 1. The minimum atomic E-state index is -0.301. The van der Waals surface area contributed by atoms with Gasteiger partial charge >= 0.3 is 0 Å². The average molecular weight is 509 g/mol. The van der Waals surface area contributed by atoms with E-state index in [1.807, 2.05) is 36.4 Å². The first-order valence-electron chi connectivity index (χ1n) is 10.5. The van der Waals surface area contributed by atoms with Crippen LogP contribution in [-0.4, -0.2) is 12.7 Å². The molecule has 2 atom stereocenters. The highest BCUT2D eigenvalue weighted by Gasteiger charge is 2.43. The van der Waals surface area contributed by atoms with Crippen LogP contribution >= 0.6 is 27.5 Å². The zero-order valence-electron chi connectivity index (χ0n) is 17.2. The smallest absolute Gasteiger partial charge is 0.232 e. The fourth-order valence-corrected chi connectivity index (χ4v) is 5.72. The van der Waals surface area contributed by atoms with Gasteiger partial charge < -0.3 is 14.8 Å². The van der Waals surface area contributed by atoms with Crippen molar-refractivity contribution in [2.24, 2.45) is 0 Å². The summed E-state index contributed by atoms with van der Waals surface area (Å²) < 4.78 is 12.0. The van der Waals surface area contributed by atoms with Crippen molar-refractivity contribution < 1.29 is 14.3 Å². The molecule has 2 aliphatic heterocycles. The average Bonchev–Trinajstić information content (AvgIpc) is 3.46. The Labute approximate surface area is 199 Å². The number of benzene rings is 3. The van der Waals surface area contributed by atoms with Crippen molar-refractivity contribution in [2.45, 2.75) is 25.2 Å². The zero-order valence-corrected chi connectivity index (χ0v) is 19.6. The van der Waals surface area contributed by atoms with E-state index < -0.39 is 0 Å². The lowest BCUT2D eigenvalue weighted by atomic mass is 9.77. The molecular weight excluding hydrogens is 490 g/mol. The Kier molecular flexibility index (Phi) is 4.60. The lowest BCUT2D eigenvalue weighted by Crippen LogP contribution is -2.21. The van der Waals surface area contributed by atoms with E-state index in [0.717, 1.165) is 32.4 Å². The summed E-state index contributed by atoms with van der Waals surface area (Å²) in [5, 5.41) is 3.74. The molecule has 1 aliphatic carbocycles. The summed E-state index contributed by atoms with van der Waals surface area (Å²) in [6.45, 7) is 2.27. The van der Waals surface area contributed by atoms with Gasteiger partial charge in [0.2, 0.25) is 12.7 Å².